The van der Waals surface area contributed by atoms with E-state index in [-0.39, 0.29) is 6.61 Å². The van der Waals surface area contributed by atoms with Gasteiger partial charge in [0, 0.05) is 0 Å². The third-order valence-electron chi connectivity index (χ3n) is 2.27. The lowest BCUT2D eigenvalue weighted by molar-refractivity contribution is -0.864. The molecule has 0 aromatic carbocycles. The molecular weight excluding hydrogens is 186 g/mol. The summed E-state index contributed by atoms with van der Waals surface area (Å²) in [6.07, 6.45) is 6.55. The van der Waals surface area contributed by atoms with E-state index in [0.29, 0.717) is 0 Å². The SMILES string of the molecule is CC(=CCCC(C)=CC[N+](C)(C)C)CO. The highest BCUT2D eigenvalue weighted by Crippen LogP contribution is 2.07. The highest BCUT2D eigenvalue weighted by atomic mass is 16.3. The van der Waals surface area contributed by atoms with Crippen LogP contribution in [0.4, 0.5) is 0 Å². The van der Waals surface area contributed by atoms with E-state index in [0.717, 1.165) is 29.4 Å². The first-order valence-corrected chi connectivity index (χ1v) is 5.58. The normalized spacial score (nSPS) is 14.5. The Kier molecular flexibility index (Phi) is 6.53. The van der Waals surface area contributed by atoms with Crippen molar-refractivity contribution < 1.29 is 9.59 Å². The summed E-state index contributed by atoms with van der Waals surface area (Å²) in [7, 11) is 6.58. The van der Waals surface area contributed by atoms with Gasteiger partial charge in [-0.25, -0.2) is 0 Å². The number of rotatable bonds is 6. The number of hydrogen-bond donors (Lipinski definition) is 1. The van der Waals surface area contributed by atoms with Crippen molar-refractivity contribution >= 4 is 0 Å². The third kappa shape index (κ3) is 9.70. The standard InChI is InChI=1S/C13H26NO/c1-12(9-10-14(3,4)5)7-6-8-13(2)11-15/h8-9,15H,6-7,10-11H2,1-5H3/q+1. The molecule has 0 saturated heterocycles. The van der Waals surface area contributed by atoms with Gasteiger partial charge in [-0.05, 0) is 32.8 Å². The van der Waals surface area contributed by atoms with Gasteiger partial charge >= 0.3 is 0 Å². The zero-order chi connectivity index (χ0) is 11.9. The van der Waals surface area contributed by atoms with E-state index in [1.165, 1.54) is 5.57 Å². The molecular formula is C13H26NO+. The monoisotopic (exact) mass is 212 g/mol. The van der Waals surface area contributed by atoms with Gasteiger partial charge in [-0.2, -0.15) is 0 Å². The van der Waals surface area contributed by atoms with Crippen molar-refractivity contribution in [2.24, 2.45) is 0 Å². The molecule has 0 unspecified atom stereocenters. The smallest absolute Gasteiger partial charge is 0.0970 e. The van der Waals surface area contributed by atoms with Crippen LogP contribution < -0.4 is 0 Å². The van der Waals surface area contributed by atoms with Crippen LogP contribution in [0.5, 0.6) is 0 Å². The maximum atomic E-state index is 8.82. The average molecular weight is 212 g/mol. The zero-order valence-electron chi connectivity index (χ0n) is 10.9. The van der Waals surface area contributed by atoms with Gasteiger partial charge in [0.25, 0.3) is 0 Å². The van der Waals surface area contributed by atoms with Gasteiger partial charge in [-0.15, -0.1) is 0 Å². The van der Waals surface area contributed by atoms with E-state index >= 15 is 0 Å². The Morgan fingerprint density at radius 2 is 1.67 bits per heavy atom. The van der Waals surface area contributed by atoms with Crippen LogP contribution in [0.15, 0.2) is 23.3 Å². The second-order valence-electron chi connectivity index (χ2n) is 5.27. The summed E-state index contributed by atoms with van der Waals surface area (Å²) < 4.78 is 0.975. The van der Waals surface area contributed by atoms with Gasteiger partial charge in [0.2, 0.25) is 0 Å². The second kappa shape index (κ2) is 6.81. The van der Waals surface area contributed by atoms with E-state index in [4.69, 9.17) is 5.11 Å². The number of likely N-dealkylation sites (N-methyl/N-ethyl adjacent to an activating group) is 1. The molecule has 88 valence electrons. The molecule has 0 spiro atoms. The maximum absolute atomic E-state index is 8.82. The van der Waals surface area contributed by atoms with E-state index in [2.05, 4.69) is 40.2 Å². The van der Waals surface area contributed by atoms with Crippen molar-refractivity contribution in [3.8, 4) is 0 Å². The average Bonchev–Trinajstić information content (AvgIpc) is 2.13. The summed E-state index contributed by atoms with van der Waals surface area (Å²) in [5.74, 6) is 0. The van der Waals surface area contributed by atoms with Crippen LogP contribution in [0, 0.1) is 0 Å². The Hall–Kier alpha value is -0.600. The van der Waals surface area contributed by atoms with Crippen molar-refractivity contribution in [2.45, 2.75) is 26.7 Å². The Morgan fingerprint density at radius 1 is 1.07 bits per heavy atom. The molecule has 1 N–H and O–H groups in total. The molecule has 0 aliphatic carbocycles. The molecule has 0 amide bonds. The van der Waals surface area contributed by atoms with Crippen molar-refractivity contribution in [3.63, 3.8) is 0 Å². The van der Waals surface area contributed by atoms with Gasteiger partial charge in [-0.3, -0.25) is 0 Å². The van der Waals surface area contributed by atoms with Crippen molar-refractivity contribution in [3.05, 3.63) is 23.3 Å². The van der Waals surface area contributed by atoms with Crippen LogP contribution in [0.25, 0.3) is 0 Å². The first kappa shape index (κ1) is 14.4. The minimum atomic E-state index is 0.182. The van der Waals surface area contributed by atoms with Gasteiger partial charge in [-0.1, -0.05) is 17.2 Å². The summed E-state index contributed by atoms with van der Waals surface area (Å²) in [5, 5.41) is 8.82. The second-order valence-corrected chi connectivity index (χ2v) is 5.27. The lowest BCUT2D eigenvalue weighted by Gasteiger charge is -2.22. The van der Waals surface area contributed by atoms with Crippen LogP contribution in [-0.2, 0) is 0 Å². The topological polar surface area (TPSA) is 20.2 Å². The Balaban J connectivity index is 3.89. The van der Waals surface area contributed by atoms with Crippen molar-refractivity contribution in [1.29, 1.82) is 0 Å². The van der Waals surface area contributed by atoms with Crippen LogP contribution >= 0.6 is 0 Å². The van der Waals surface area contributed by atoms with Crippen LogP contribution in [0.1, 0.15) is 26.7 Å². The minimum Gasteiger partial charge on any atom is -0.392 e. The molecule has 0 bridgehead atoms. The molecule has 0 fully saturated rings. The summed E-state index contributed by atoms with van der Waals surface area (Å²) in [4.78, 5) is 0. The van der Waals surface area contributed by atoms with E-state index in [9.17, 15) is 0 Å². The van der Waals surface area contributed by atoms with Crippen molar-refractivity contribution in [1.82, 2.24) is 0 Å². The molecule has 0 rings (SSSR count). The Morgan fingerprint density at radius 3 is 2.13 bits per heavy atom. The number of aliphatic hydroxyl groups excluding tert-OH is 1. The van der Waals surface area contributed by atoms with Gasteiger partial charge in [0.1, 0.15) is 0 Å². The fourth-order valence-electron chi connectivity index (χ4n) is 1.14. The number of aliphatic hydroxyl groups is 1. The maximum Gasteiger partial charge on any atom is 0.0970 e. The molecule has 0 atom stereocenters. The van der Waals surface area contributed by atoms with Gasteiger partial charge < -0.3 is 9.59 Å². The van der Waals surface area contributed by atoms with Crippen LogP contribution in [-0.4, -0.2) is 43.9 Å². The predicted octanol–water partition coefficient (Wildman–Crippen LogP) is 2.36. The molecule has 0 aromatic heterocycles. The predicted molar refractivity (Wildman–Crippen MR) is 66.7 cm³/mol. The molecule has 0 radical (unpaired) electrons. The fourth-order valence-corrected chi connectivity index (χ4v) is 1.14. The summed E-state index contributed by atoms with van der Waals surface area (Å²) >= 11 is 0. The summed E-state index contributed by atoms with van der Waals surface area (Å²) in [6, 6.07) is 0. The quantitative estimate of drug-likeness (QED) is 0.529. The molecule has 0 aromatic rings. The minimum absolute atomic E-state index is 0.182. The Bertz CT molecular complexity index is 233. The molecule has 0 aliphatic heterocycles. The van der Waals surface area contributed by atoms with E-state index in [1.54, 1.807) is 0 Å². The molecule has 2 heteroatoms. The fraction of sp³-hybridized carbons (Fsp3) is 0.692. The van der Waals surface area contributed by atoms with Gasteiger partial charge in [0.15, 0.2) is 0 Å². The molecule has 2 nitrogen and oxygen atoms in total. The largest absolute Gasteiger partial charge is 0.392 e. The molecule has 0 heterocycles. The molecule has 0 saturated carbocycles. The third-order valence-corrected chi connectivity index (χ3v) is 2.27. The number of allylic oxidation sites excluding steroid dienone is 2. The van der Waals surface area contributed by atoms with E-state index in [1.807, 2.05) is 6.92 Å². The summed E-state index contributed by atoms with van der Waals surface area (Å²) in [6.45, 7) is 5.40. The van der Waals surface area contributed by atoms with E-state index < -0.39 is 0 Å². The Labute approximate surface area is 94.5 Å². The van der Waals surface area contributed by atoms with Gasteiger partial charge in [0.05, 0.1) is 34.3 Å². The number of quaternary nitrogens is 1. The lowest BCUT2D eigenvalue weighted by Crippen LogP contribution is -2.34. The van der Waals surface area contributed by atoms with Crippen LogP contribution in [0.2, 0.25) is 0 Å². The lowest BCUT2D eigenvalue weighted by atomic mass is 10.1. The van der Waals surface area contributed by atoms with Crippen LogP contribution in [0.3, 0.4) is 0 Å². The first-order valence-electron chi connectivity index (χ1n) is 5.58. The zero-order valence-corrected chi connectivity index (χ0v) is 10.9. The highest BCUT2D eigenvalue weighted by molar-refractivity contribution is 5.03. The number of nitrogens with zero attached hydrogens (tertiary/aromatic N) is 1. The summed E-state index contributed by atoms with van der Waals surface area (Å²) in [5.41, 5.74) is 2.50. The first-order chi connectivity index (χ1) is 6.85. The highest BCUT2D eigenvalue weighted by Gasteiger charge is 2.02. The number of hydrogen-bond acceptors (Lipinski definition) is 1. The molecule has 0 aliphatic rings. The molecule has 15 heavy (non-hydrogen) atoms. The van der Waals surface area contributed by atoms with Crippen molar-refractivity contribution in [2.75, 3.05) is 34.3 Å².